The highest BCUT2D eigenvalue weighted by Crippen LogP contribution is 2.33. The third-order valence-electron chi connectivity index (χ3n) is 2.51. The number of aliphatic hydroxyl groups excluding tert-OH is 1. The number of hydrogen-bond acceptors (Lipinski definition) is 2. The molecule has 0 aliphatic rings. The Balaban J connectivity index is 3.11. The van der Waals surface area contributed by atoms with Crippen LogP contribution in [0.15, 0.2) is 18.2 Å². The summed E-state index contributed by atoms with van der Waals surface area (Å²) in [7, 11) is 0. The number of rotatable bonds is 4. The van der Waals surface area contributed by atoms with Crippen molar-refractivity contribution >= 4 is 23.2 Å². The van der Waals surface area contributed by atoms with Gasteiger partial charge in [0, 0.05) is 22.5 Å². The maximum absolute atomic E-state index is 9.82. The molecule has 1 aromatic rings. The van der Waals surface area contributed by atoms with E-state index in [9.17, 15) is 5.11 Å². The van der Waals surface area contributed by atoms with Crippen LogP contribution in [0.3, 0.4) is 0 Å². The smallest absolute Gasteiger partial charge is 0.0619 e. The third kappa shape index (κ3) is 2.85. The first-order valence-corrected chi connectivity index (χ1v) is 5.69. The first-order chi connectivity index (χ1) is 7.11. The first kappa shape index (κ1) is 12.8. The summed E-state index contributed by atoms with van der Waals surface area (Å²) in [5.41, 5.74) is 6.39. The van der Waals surface area contributed by atoms with Crippen LogP contribution in [0.5, 0.6) is 0 Å². The Morgan fingerprint density at radius 2 is 1.87 bits per heavy atom. The zero-order chi connectivity index (χ0) is 11.4. The molecule has 0 amide bonds. The summed E-state index contributed by atoms with van der Waals surface area (Å²) in [6.07, 6.45) is 0.121. The second-order valence-corrected chi connectivity index (χ2v) is 4.27. The Bertz CT molecular complexity index is 310. The molecule has 0 aliphatic carbocycles. The van der Waals surface area contributed by atoms with E-state index in [0.29, 0.717) is 23.0 Å². The molecule has 0 spiro atoms. The lowest BCUT2D eigenvalue weighted by Gasteiger charge is -2.22. The average molecular weight is 248 g/mol. The molecule has 2 nitrogen and oxygen atoms in total. The maximum atomic E-state index is 9.82. The molecule has 2 atom stereocenters. The van der Waals surface area contributed by atoms with Gasteiger partial charge in [0.25, 0.3) is 0 Å². The van der Waals surface area contributed by atoms with Crippen molar-refractivity contribution in [1.29, 1.82) is 0 Å². The fourth-order valence-electron chi connectivity index (χ4n) is 1.62. The molecule has 0 saturated carbocycles. The van der Waals surface area contributed by atoms with Crippen LogP contribution in [0.1, 0.15) is 24.8 Å². The monoisotopic (exact) mass is 247 g/mol. The Labute approximate surface area is 100.0 Å². The van der Waals surface area contributed by atoms with Crippen molar-refractivity contribution in [3.63, 3.8) is 0 Å². The number of halogens is 2. The molecule has 0 bridgehead atoms. The van der Waals surface area contributed by atoms with Crippen molar-refractivity contribution in [3.05, 3.63) is 33.8 Å². The normalized spacial score (nSPS) is 15.0. The summed E-state index contributed by atoms with van der Waals surface area (Å²) in [5, 5.41) is 10.9. The summed E-state index contributed by atoms with van der Waals surface area (Å²) in [6.45, 7) is 2.23. The van der Waals surface area contributed by atoms with Crippen molar-refractivity contribution in [2.75, 3.05) is 6.54 Å². The van der Waals surface area contributed by atoms with Gasteiger partial charge in [0.2, 0.25) is 0 Å². The Morgan fingerprint density at radius 1 is 1.33 bits per heavy atom. The molecule has 1 rings (SSSR count). The molecule has 2 unspecified atom stereocenters. The van der Waals surface area contributed by atoms with Crippen LogP contribution in [0, 0.1) is 0 Å². The molecule has 3 N–H and O–H groups in total. The minimum atomic E-state index is -0.507. The molecule has 4 heteroatoms. The second-order valence-electron chi connectivity index (χ2n) is 3.45. The average Bonchev–Trinajstić information content (AvgIpc) is 2.22. The summed E-state index contributed by atoms with van der Waals surface area (Å²) in [5.74, 6) is -0.198. The molecule has 0 fully saturated rings. The van der Waals surface area contributed by atoms with Gasteiger partial charge in [-0.3, -0.25) is 0 Å². The minimum absolute atomic E-state index is 0.198. The van der Waals surface area contributed by atoms with E-state index >= 15 is 0 Å². The first-order valence-electron chi connectivity index (χ1n) is 4.93. The number of nitrogens with two attached hydrogens (primary N) is 1. The van der Waals surface area contributed by atoms with E-state index in [2.05, 4.69) is 0 Å². The van der Waals surface area contributed by atoms with E-state index in [0.717, 1.165) is 5.56 Å². The van der Waals surface area contributed by atoms with Crippen molar-refractivity contribution in [2.24, 2.45) is 5.73 Å². The lowest BCUT2D eigenvalue weighted by Crippen LogP contribution is -2.25. The van der Waals surface area contributed by atoms with Gasteiger partial charge in [-0.1, -0.05) is 36.2 Å². The Hall–Kier alpha value is -0.280. The van der Waals surface area contributed by atoms with Crippen LogP contribution in [0.2, 0.25) is 10.0 Å². The van der Waals surface area contributed by atoms with Crippen LogP contribution < -0.4 is 5.73 Å². The van der Waals surface area contributed by atoms with Gasteiger partial charge in [-0.05, 0) is 24.1 Å². The van der Waals surface area contributed by atoms with Gasteiger partial charge in [-0.25, -0.2) is 0 Å². The topological polar surface area (TPSA) is 46.2 Å². The molecular formula is C11H15Cl2NO. The third-order valence-corrected chi connectivity index (χ3v) is 3.17. The molecule has 1 aromatic carbocycles. The van der Waals surface area contributed by atoms with Gasteiger partial charge in [0.15, 0.2) is 0 Å². The van der Waals surface area contributed by atoms with Gasteiger partial charge in [-0.2, -0.15) is 0 Å². The molecule has 0 saturated heterocycles. The highest BCUT2D eigenvalue weighted by atomic mass is 35.5. The zero-order valence-corrected chi connectivity index (χ0v) is 10.1. The summed E-state index contributed by atoms with van der Waals surface area (Å²) >= 11 is 12.1. The predicted molar refractivity (Wildman–Crippen MR) is 64.6 cm³/mol. The van der Waals surface area contributed by atoms with Crippen LogP contribution in [0.4, 0.5) is 0 Å². The molecule has 0 heterocycles. The van der Waals surface area contributed by atoms with Crippen LogP contribution in [-0.4, -0.2) is 17.8 Å². The van der Waals surface area contributed by atoms with Gasteiger partial charge >= 0.3 is 0 Å². The van der Waals surface area contributed by atoms with Crippen molar-refractivity contribution in [3.8, 4) is 0 Å². The van der Waals surface area contributed by atoms with E-state index in [1.165, 1.54) is 0 Å². The molecule has 0 aromatic heterocycles. The molecule has 84 valence electrons. The number of benzene rings is 1. The lowest BCUT2D eigenvalue weighted by atomic mass is 9.92. The van der Waals surface area contributed by atoms with Crippen molar-refractivity contribution in [2.45, 2.75) is 25.4 Å². The highest BCUT2D eigenvalue weighted by Gasteiger charge is 2.22. The van der Waals surface area contributed by atoms with E-state index in [1.807, 2.05) is 6.92 Å². The fourth-order valence-corrected chi connectivity index (χ4v) is 2.29. The van der Waals surface area contributed by atoms with Gasteiger partial charge in [0.05, 0.1) is 6.10 Å². The fraction of sp³-hybridized carbons (Fsp3) is 0.455. The van der Waals surface area contributed by atoms with E-state index in [1.54, 1.807) is 18.2 Å². The summed E-state index contributed by atoms with van der Waals surface area (Å²) < 4.78 is 0. The standard InChI is InChI=1S/C11H15Cl2NO/c1-2-10(15)7(6-14)11-8(12)4-3-5-9(11)13/h3-5,7,10,15H,2,6,14H2,1H3. The maximum Gasteiger partial charge on any atom is 0.0619 e. The summed E-state index contributed by atoms with van der Waals surface area (Å²) in [4.78, 5) is 0. The molecule has 0 aliphatic heterocycles. The SMILES string of the molecule is CCC(O)C(CN)c1c(Cl)cccc1Cl. The van der Waals surface area contributed by atoms with Gasteiger partial charge in [0.1, 0.15) is 0 Å². The number of aliphatic hydroxyl groups is 1. The van der Waals surface area contributed by atoms with E-state index in [-0.39, 0.29) is 5.92 Å². The zero-order valence-electron chi connectivity index (χ0n) is 8.58. The van der Waals surface area contributed by atoms with Crippen LogP contribution in [-0.2, 0) is 0 Å². The van der Waals surface area contributed by atoms with Gasteiger partial charge in [-0.15, -0.1) is 0 Å². The predicted octanol–water partition coefficient (Wildman–Crippen LogP) is 2.81. The molecule has 0 radical (unpaired) electrons. The van der Waals surface area contributed by atoms with E-state index < -0.39 is 6.10 Å². The van der Waals surface area contributed by atoms with Crippen LogP contribution >= 0.6 is 23.2 Å². The highest BCUT2D eigenvalue weighted by molar-refractivity contribution is 6.36. The molecule has 15 heavy (non-hydrogen) atoms. The van der Waals surface area contributed by atoms with Gasteiger partial charge < -0.3 is 10.8 Å². The summed E-state index contributed by atoms with van der Waals surface area (Å²) in [6, 6.07) is 5.29. The lowest BCUT2D eigenvalue weighted by molar-refractivity contribution is 0.141. The second kappa shape index (κ2) is 5.71. The minimum Gasteiger partial charge on any atom is -0.392 e. The van der Waals surface area contributed by atoms with Crippen molar-refractivity contribution in [1.82, 2.24) is 0 Å². The largest absolute Gasteiger partial charge is 0.392 e. The van der Waals surface area contributed by atoms with E-state index in [4.69, 9.17) is 28.9 Å². The van der Waals surface area contributed by atoms with Crippen LogP contribution in [0.25, 0.3) is 0 Å². The van der Waals surface area contributed by atoms with Crippen molar-refractivity contribution < 1.29 is 5.11 Å². The Morgan fingerprint density at radius 3 is 2.27 bits per heavy atom. The number of hydrogen-bond donors (Lipinski definition) is 2. The Kier molecular flexibility index (Phi) is 4.87. The quantitative estimate of drug-likeness (QED) is 0.860. The molecular weight excluding hydrogens is 233 g/mol.